The fraction of sp³-hybridized carbons (Fsp3) is 0.667. The van der Waals surface area contributed by atoms with Gasteiger partial charge in [-0.2, -0.15) is 0 Å². The zero-order valence-corrected chi connectivity index (χ0v) is 4.89. The molecule has 0 saturated carbocycles. The van der Waals surface area contributed by atoms with E-state index in [2.05, 4.69) is 11.4 Å². The van der Waals surface area contributed by atoms with Crippen molar-refractivity contribution in [3.8, 4) is 0 Å². The normalized spacial score (nSPS) is 26.0. The predicted octanol–water partition coefficient (Wildman–Crippen LogP) is 0.162. The second-order valence-corrected chi connectivity index (χ2v) is 1.75. The monoisotopic (exact) mass is 113 g/mol. The molecule has 1 N–H and O–H groups in total. The Labute approximate surface area is 49.5 Å². The Bertz CT molecular complexity index is 70.6. The molecule has 0 spiro atoms. The van der Waals surface area contributed by atoms with Gasteiger partial charge < -0.3 is 10.1 Å². The van der Waals surface area contributed by atoms with Crippen molar-refractivity contribution >= 4 is 0 Å². The van der Waals surface area contributed by atoms with Crippen LogP contribution in [0.2, 0.25) is 0 Å². The van der Waals surface area contributed by atoms with Crippen LogP contribution in [0, 0.1) is 0 Å². The lowest BCUT2D eigenvalue weighted by molar-refractivity contribution is 0.162. The lowest BCUT2D eigenvalue weighted by Gasteiger charge is -2.04. The molecule has 0 aromatic carbocycles. The van der Waals surface area contributed by atoms with Gasteiger partial charge in [0, 0.05) is 13.1 Å². The fourth-order valence-electron chi connectivity index (χ4n) is 0.632. The summed E-state index contributed by atoms with van der Waals surface area (Å²) in [5, 5.41) is 3.18. The van der Waals surface area contributed by atoms with Crippen LogP contribution in [-0.4, -0.2) is 26.3 Å². The molecule has 8 heavy (non-hydrogen) atoms. The van der Waals surface area contributed by atoms with E-state index >= 15 is 0 Å². The highest BCUT2D eigenvalue weighted by Crippen LogP contribution is 1.80. The standard InChI is InChI=1S/C6H11NO/c1-2-5-8-6-4-7-3-1/h1-2,7H,3-6H2/b2-1-. The van der Waals surface area contributed by atoms with Crippen LogP contribution in [0.4, 0.5) is 0 Å². The highest BCUT2D eigenvalue weighted by molar-refractivity contribution is 4.84. The molecule has 0 saturated heterocycles. The second kappa shape index (κ2) is 3.64. The molecule has 0 aromatic rings. The quantitative estimate of drug-likeness (QED) is 0.452. The van der Waals surface area contributed by atoms with Crippen molar-refractivity contribution in [1.29, 1.82) is 0 Å². The third-order valence-electron chi connectivity index (χ3n) is 1.07. The Morgan fingerprint density at radius 3 is 3.38 bits per heavy atom. The molecule has 0 atom stereocenters. The Hall–Kier alpha value is -0.340. The average Bonchev–Trinajstić information content (AvgIpc) is 1.62. The van der Waals surface area contributed by atoms with Crippen LogP contribution >= 0.6 is 0 Å². The molecular formula is C6H11NO. The fourth-order valence-corrected chi connectivity index (χ4v) is 0.632. The van der Waals surface area contributed by atoms with Crippen molar-refractivity contribution in [3.05, 3.63) is 12.2 Å². The first-order valence-electron chi connectivity index (χ1n) is 2.93. The highest BCUT2D eigenvalue weighted by atomic mass is 16.5. The molecule has 0 unspecified atom stereocenters. The van der Waals surface area contributed by atoms with Crippen LogP contribution in [0.15, 0.2) is 12.2 Å². The van der Waals surface area contributed by atoms with E-state index in [1.165, 1.54) is 0 Å². The van der Waals surface area contributed by atoms with Crippen LogP contribution in [0.1, 0.15) is 0 Å². The maximum atomic E-state index is 5.13. The van der Waals surface area contributed by atoms with Crippen molar-refractivity contribution in [1.82, 2.24) is 5.32 Å². The van der Waals surface area contributed by atoms with E-state index in [1.54, 1.807) is 0 Å². The molecule has 0 radical (unpaired) electrons. The van der Waals surface area contributed by atoms with E-state index in [-0.39, 0.29) is 0 Å². The maximum absolute atomic E-state index is 5.13. The number of hydrogen-bond donors (Lipinski definition) is 1. The topological polar surface area (TPSA) is 21.3 Å². The van der Waals surface area contributed by atoms with Crippen molar-refractivity contribution in [2.24, 2.45) is 0 Å². The molecule has 1 heterocycles. The van der Waals surface area contributed by atoms with Gasteiger partial charge in [0.1, 0.15) is 0 Å². The van der Waals surface area contributed by atoms with Gasteiger partial charge >= 0.3 is 0 Å². The van der Waals surface area contributed by atoms with Gasteiger partial charge in [-0.1, -0.05) is 12.2 Å². The zero-order valence-electron chi connectivity index (χ0n) is 4.89. The Morgan fingerprint density at radius 2 is 2.38 bits per heavy atom. The van der Waals surface area contributed by atoms with E-state index in [0.29, 0.717) is 0 Å². The average molecular weight is 113 g/mol. The molecule has 1 aliphatic heterocycles. The van der Waals surface area contributed by atoms with Crippen LogP contribution in [0.25, 0.3) is 0 Å². The third kappa shape index (κ3) is 2.09. The molecule has 0 aromatic heterocycles. The zero-order chi connectivity index (χ0) is 5.66. The smallest absolute Gasteiger partial charge is 0.0648 e. The lowest BCUT2D eigenvalue weighted by atomic mass is 10.4. The van der Waals surface area contributed by atoms with Crippen LogP contribution in [-0.2, 0) is 4.74 Å². The molecule has 1 rings (SSSR count). The molecule has 0 fully saturated rings. The summed E-state index contributed by atoms with van der Waals surface area (Å²) in [6, 6.07) is 0. The van der Waals surface area contributed by atoms with Gasteiger partial charge in [-0.3, -0.25) is 0 Å². The first-order valence-corrected chi connectivity index (χ1v) is 2.93. The number of ether oxygens (including phenoxy) is 1. The summed E-state index contributed by atoms with van der Waals surface area (Å²) in [4.78, 5) is 0. The highest BCUT2D eigenvalue weighted by Gasteiger charge is 1.87. The van der Waals surface area contributed by atoms with Gasteiger partial charge in [0.15, 0.2) is 0 Å². The van der Waals surface area contributed by atoms with Crippen LogP contribution < -0.4 is 5.32 Å². The van der Waals surface area contributed by atoms with Gasteiger partial charge in [0.2, 0.25) is 0 Å². The predicted molar refractivity (Wildman–Crippen MR) is 32.8 cm³/mol. The minimum Gasteiger partial charge on any atom is -0.376 e. The van der Waals surface area contributed by atoms with Gasteiger partial charge in [0.05, 0.1) is 13.2 Å². The molecule has 0 bridgehead atoms. The summed E-state index contributed by atoms with van der Waals surface area (Å²) in [6.45, 7) is 3.58. The number of nitrogens with one attached hydrogen (secondary N) is 1. The van der Waals surface area contributed by atoms with Crippen molar-refractivity contribution < 1.29 is 4.74 Å². The molecule has 0 amide bonds. The minimum absolute atomic E-state index is 0.779. The van der Waals surface area contributed by atoms with Crippen LogP contribution in [0.5, 0.6) is 0 Å². The van der Waals surface area contributed by atoms with Gasteiger partial charge in [-0.25, -0.2) is 0 Å². The van der Waals surface area contributed by atoms with Gasteiger partial charge in [-0.05, 0) is 0 Å². The summed E-state index contributed by atoms with van der Waals surface area (Å²) in [7, 11) is 0. The first-order chi connectivity index (χ1) is 4.00. The summed E-state index contributed by atoms with van der Waals surface area (Å²) in [6.07, 6.45) is 4.12. The summed E-state index contributed by atoms with van der Waals surface area (Å²) < 4.78 is 5.13. The molecule has 46 valence electrons. The van der Waals surface area contributed by atoms with E-state index in [1.807, 2.05) is 6.08 Å². The molecule has 2 nitrogen and oxygen atoms in total. The summed E-state index contributed by atoms with van der Waals surface area (Å²) >= 11 is 0. The van der Waals surface area contributed by atoms with Gasteiger partial charge in [0.25, 0.3) is 0 Å². The largest absolute Gasteiger partial charge is 0.376 e. The Kier molecular flexibility index (Phi) is 2.63. The van der Waals surface area contributed by atoms with Crippen molar-refractivity contribution in [2.45, 2.75) is 0 Å². The van der Waals surface area contributed by atoms with Crippen LogP contribution in [0.3, 0.4) is 0 Å². The van der Waals surface area contributed by atoms with E-state index in [0.717, 1.165) is 26.3 Å². The molecule has 2 heteroatoms. The van der Waals surface area contributed by atoms with Crippen molar-refractivity contribution in [2.75, 3.05) is 26.3 Å². The number of hydrogen-bond acceptors (Lipinski definition) is 2. The number of rotatable bonds is 0. The molecular weight excluding hydrogens is 102 g/mol. The Balaban J connectivity index is 2.17. The first kappa shape index (κ1) is 5.79. The maximum Gasteiger partial charge on any atom is 0.0648 e. The minimum atomic E-state index is 0.779. The SMILES string of the molecule is C1=C\COCCNC/1. The Morgan fingerprint density at radius 1 is 1.38 bits per heavy atom. The summed E-state index contributed by atoms with van der Waals surface area (Å²) in [5.41, 5.74) is 0. The van der Waals surface area contributed by atoms with Crippen molar-refractivity contribution in [3.63, 3.8) is 0 Å². The third-order valence-corrected chi connectivity index (χ3v) is 1.07. The molecule has 1 aliphatic rings. The van der Waals surface area contributed by atoms with E-state index < -0.39 is 0 Å². The van der Waals surface area contributed by atoms with Gasteiger partial charge in [-0.15, -0.1) is 0 Å². The van der Waals surface area contributed by atoms with E-state index in [9.17, 15) is 0 Å². The lowest BCUT2D eigenvalue weighted by Crippen LogP contribution is -2.21. The second-order valence-electron chi connectivity index (χ2n) is 1.75. The molecule has 0 aliphatic carbocycles. The summed E-state index contributed by atoms with van der Waals surface area (Å²) in [5.74, 6) is 0. The van der Waals surface area contributed by atoms with E-state index in [4.69, 9.17) is 4.74 Å².